The number of nitrogens with zero attached hydrogens (tertiary/aromatic N) is 1. The zero-order valence-electron chi connectivity index (χ0n) is 26.9. The van der Waals surface area contributed by atoms with Gasteiger partial charge in [0.15, 0.2) is 0 Å². The highest BCUT2D eigenvalue weighted by Gasteiger charge is 2.34. The Morgan fingerprint density at radius 3 is 2.31 bits per heavy atom. The predicted molar refractivity (Wildman–Crippen MR) is 181 cm³/mol. The molecule has 1 aliphatic heterocycles. The number of hydrogen-bond donors (Lipinski definition) is 2. The van der Waals surface area contributed by atoms with Crippen LogP contribution in [0.15, 0.2) is 95.4 Å². The number of halogens is 1. The fourth-order valence-corrected chi connectivity index (χ4v) is 6.67. The molecule has 3 N–H and O–H groups in total. The maximum absolute atomic E-state index is 13.3. The molecule has 0 unspecified atom stereocenters. The Labute approximate surface area is 282 Å². The summed E-state index contributed by atoms with van der Waals surface area (Å²) in [4.78, 5) is 26.1. The summed E-state index contributed by atoms with van der Waals surface area (Å²) in [5.74, 6) is -0.267. The number of rotatable bonds is 9. The molecule has 13 heteroatoms. The molecular weight excluding hydrogens is 653 g/mol. The number of anilines is 1. The third-order valence-corrected chi connectivity index (χ3v) is 9.30. The van der Waals surface area contributed by atoms with Crippen molar-refractivity contribution in [1.82, 2.24) is 5.32 Å². The number of ether oxygens (including phenoxy) is 3. The molecule has 3 atom stereocenters. The van der Waals surface area contributed by atoms with E-state index >= 15 is 0 Å². The van der Waals surface area contributed by atoms with E-state index in [0.717, 1.165) is 6.26 Å². The Bertz CT molecular complexity index is 2100. The SMILES string of the molecule is CNC(=O)c1c(-c2ccc(Oc3ccc(F)cc3)cc2)oc2cc3c(cc12)[C@H](C)O[C@H](COC(=O)[C@@H](N)c1ccccc1)CN3S(C)(=O)=O. The number of sulfonamides is 1. The Hall–Kier alpha value is -5.24. The lowest BCUT2D eigenvalue weighted by atomic mass is 10.0. The van der Waals surface area contributed by atoms with Gasteiger partial charge in [0.2, 0.25) is 10.0 Å². The number of hydrogen-bond acceptors (Lipinski definition) is 9. The Kier molecular flexibility index (Phi) is 9.41. The molecule has 1 aromatic heterocycles. The van der Waals surface area contributed by atoms with Crippen LogP contribution >= 0.6 is 0 Å². The smallest absolute Gasteiger partial charge is 0.327 e. The summed E-state index contributed by atoms with van der Waals surface area (Å²) >= 11 is 0. The fraction of sp³-hybridized carbons (Fsp3) is 0.222. The van der Waals surface area contributed by atoms with Crippen LogP contribution in [0.4, 0.5) is 10.1 Å². The second-order valence-electron chi connectivity index (χ2n) is 11.6. The molecule has 0 fully saturated rings. The van der Waals surface area contributed by atoms with E-state index in [2.05, 4.69) is 5.32 Å². The van der Waals surface area contributed by atoms with Gasteiger partial charge in [-0.05, 0) is 67.1 Å². The lowest BCUT2D eigenvalue weighted by Gasteiger charge is -2.25. The van der Waals surface area contributed by atoms with E-state index in [4.69, 9.17) is 24.4 Å². The van der Waals surface area contributed by atoms with Crippen LogP contribution in [0.5, 0.6) is 11.5 Å². The van der Waals surface area contributed by atoms with Crippen molar-refractivity contribution in [2.24, 2.45) is 5.73 Å². The highest BCUT2D eigenvalue weighted by Crippen LogP contribution is 2.42. The van der Waals surface area contributed by atoms with E-state index in [9.17, 15) is 22.4 Å². The maximum Gasteiger partial charge on any atom is 0.327 e. The molecule has 4 aromatic carbocycles. The van der Waals surface area contributed by atoms with Crippen molar-refractivity contribution < 1.29 is 41.0 Å². The highest BCUT2D eigenvalue weighted by atomic mass is 32.2. The summed E-state index contributed by atoms with van der Waals surface area (Å²) in [6.45, 7) is 1.36. The minimum absolute atomic E-state index is 0.152. The largest absolute Gasteiger partial charge is 0.461 e. The van der Waals surface area contributed by atoms with Crippen LogP contribution in [0.3, 0.4) is 0 Å². The van der Waals surface area contributed by atoms with Crippen molar-refractivity contribution in [2.45, 2.75) is 25.2 Å². The lowest BCUT2D eigenvalue weighted by Crippen LogP contribution is -2.39. The van der Waals surface area contributed by atoms with Crippen molar-refractivity contribution in [3.8, 4) is 22.8 Å². The molecule has 0 spiro atoms. The van der Waals surface area contributed by atoms with Crippen LogP contribution in [-0.2, 0) is 24.3 Å². The first-order valence-corrected chi connectivity index (χ1v) is 17.2. The average molecular weight is 688 g/mol. The van der Waals surface area contributed by atoms with E-state index in [1.165, 1.54) is 35.6 Å². The maximum atomic E-state index is 13.3. The first-order valence-electron chi connectivity index (χ1n) is 15.4. The molecule has 0 bridgehead atoms. The topological polar surface area (TPSA) is 150 Å². The third-order valence-electron chi connectivity index (χ3n) is 8.15. The van der Waals surface area contributed by atoms with Gasteiger partial charge in [-0.3, -0.25) is 9.10 Å². The Morgan fingerprint density at radius 1 is 1.02 bits per heavy atom. The number of carbonyl (C=O) groups is 2. The third kappa shape index (κ3) is 7.14. The zero-order chi connectivity index (χ0) is 34.9. The van der Waals surface area contributed by atoms with E-state index in [1.807, 2.05) is 0 Å². The van der Waals surface area contributed by atoms with Gasteiger partial charge >= 0.3 is 5.97 Å². The molecule has 6 rings (SSSR count). The van der Waals surface area contributed by atoms with Gasteiger partial charge in [0.05, 0.1) is 30.2 Å². The van der Waals surface area contributed by atoms with E-state index < -0.39 is 40.1 Å². The normalized spacial score (nSPS) is 16.8. The fourth-order valence-electron chi connectivity index (χ4n) is 5.71. The number of carbonyl (C=O) groups excluding carboxylic acids is 2. The molecule has 11 nitrogen and oxygen atoms in total. The van der Waals surface area contributed by atoms with Gasteiger partial charge in [-0.25, -0.2) is 17.6 Å². The van der Waals surface area contributed by atoms with Crippen LogP contribution < -0.4 is 20.1 Å². The highest BCUT2D eigenvalue weighted by molar-refractivity contribution is 7.92. The van der Waals surface area contributed by atoms with Crippen LogP contribution in [0.2, 0.25) is 0 Å². The zero-order valence-corrected chi connectivity index (χ0v) is 27.7. The van der Waals surface area contributed by atoms with E-state index in [-0.39, 0.29) is 35.9 Å². The molecule has 0 aliphatic carbocycles. The molecule has 49 heavy (non-hydrogen) atoms. The number of fused-ring (bicyclic) bond motifs is 2. The summed E-state index contributed by atoms with van der Waals surface area (Å²) in [6.07, 6.45) is -0.429. The van der Waals surface area contributed by atoms with Crippen molar-refractivity contribution >= 4 is 38.6 Å². The number of nitrogens with two attached hydrogens (primary N) is 1. The molecule has 1 aliphatic rings. The van der Waals surface area contributed by atoms with Gasteiger partial charge in [-0.1, -0.05) is 30.3 Å². The lowest BCUT2D eigenvalue weighted by molar-refractivity contribution is -0.150. The molecule has 0 saturated carbocycles. The van der Waals surface area contributed by atoms with Crippen LogP contribution in [0.25, 0.3) is 22.3 Å². The van der Waals surface area contributed by atoms with Gasteiger partial charge < -0.3 is 29.7 Å². The average Bonchev–Trinajstić information content (AvgIpc) is 3.40. The quantitative estimate of drug-likeness (QED) is 0.182. The van der Waals surface area contributed by atoms with Crippen LogP contribution in [0, 0.1) is 5.82 Å². The summed E-state index contributed by atoms with van der Waals surface area (Å²) in [5, 5.41) is 3.11. The predicted octanol–water partition coefficient (Wildman–Crippen LogP) is 5.86. The van der Waals surface area contributed by atoms with E-state index in [0.29, 0.717) is 39.3 Å². The van der Waals surface area contributed by atoms with Crippen molar-refractivity contribution in [1.29, 1.82) is 0 Å². The minimum atomic E-state index is -3.86. The van der Waals surface area contributed by atoms with Gasteiger partial charge in [-0.2, -0.15) is 0 Å². The summed E-state index contributed by atoms with van der Waals surface area (Å²) in [6, 6.07) is 23.4. The second kappa shape index (κ2) is 13.7. The number of benzene rings is 4. The summed E-state index contributed by atoms with van der Waals surface area (Å²) in [7, 11) is -2.36. The molecule has 1 amide bonds. The first-order chi connectivity index (χ1) is 23.4. The first kappa shape index (κ1) is 33.7. The van der Waals surface area contributed by atoms with Crippen molar-refractivity contribution in [2.75, 3.05) is 30.8 Å². The molecule has 0 saturated heterocycles. The number of furan rings is 1. The Balaban J connectivity index is 1.32. The standard InChI is InChI=1S/C36H34FN3O8S/c1-21-28-17-29-31(48-34(32(29)35(41)39-2)23-9-13-25(14-10-23)47-26-15-11-24(37)12-16-26)18-30(28)40(49(3,43)44)19-27(46-21)20-45-36(42)33(38)22-7-5-4-6-8-22/h4-18,21,27,33H,19-20,38H2,1-3H3,(H,39,41)/t21-,27-,33-/m0/s1. The second-order valence-corrected chi connectivity index (χ2v) is 13.5. The van der Waals surface area contributed by atoms with Crippen molar-refractivity contribution in [3.05, 3.63) is 114 Å². The molecule has 2 heterocycles. The molecule has 5 aromatic rings. The van der Waals surface area contributed by atoms with E-state index in [1.54, 1.807) is 73.7 Å². The summed E-state index contributed by atoms with van der Waals surface area (Å²) in [5.41, 5.74) is 8.56. The molecule has 254 valence electrons. The summed E-state index contributed by atoms with van der Waals surface area (Å²) < 4.78 is 64.6. The number of nitrogens with one attached hydrogen (secondary N) is 1. The number of amides is 1. The molecular formula is C36H34FN3O8S. The minimum Gasteiger partial charge on any atom is -0.461 e. The monoisotopic (exact) mass is 687 g/mol. The van der Waals surface area contributed by atoms with Crippen molar-refractivity contribution in [3.63, 3.8) is 0 Å². The van der Waals surface area contributed by atoms with Crippen LogP contribution in [-0.4, -0.2) is 52.9 Å². The molecule has 0 radical (unpaired) electrons. The van der Waals surface area contributed by atoms with Gasteiger partial charge in [0.25, 0.3) is 5.91 Å². The van der Waals surface area contributed by atoms with Gasteiger partial charge in [-0.15, -0.1) is 0 Å². The Morgan fingerprint density at radius 2 is 1.67 bits per heavy atom. The van der Waals surface area contributed by atoms with Crippen LogP contribution in [0.1, 0.15) is 40.6 Å². The van der Waals surface area contributed by atoms with Gasteiger partial charge in [0, 0.05) is 29.6 Å². The van der Waals surface area contributed by atoms with Gasteiger partial charge in [0.1, 0.15) is 47.4 Å². The number of esters is 1.